The van der Waals surface area contributed by atoms with Crippen LogP contribution in [0.25, 0.3) is 16.6 Å². The van der Waals surface area contributed by atoms with Crippen molar-refractivity contribution < 1.29 is 4.79 Å². The molecule has 4 rings (SSSR count). The number of aromatic nitrogens is 4. The molecule has 34 heavy (non-hydrogen) atoms. The summed E-state index contributed by atoms with van der Waals surface area (Å²) < 4.78 is 2.01. The third kappa shape index (κ3) is 5.38. The zero-order chi connectivity index (χ0) is 24.2. The summed E-state index contributed by atoms with van der Waals surface area (Å²) in [4.78, 5) is 16.5. The number of nitrogens with zero attached hydrogens (tertiary/aromatic N) is 6. The van der Waals surface area contributed by atoms with Crippen LogP contribution in [0.4, 0.5) is 5.82 Å². The Hall–Kier alpha value is -3.00. The molecule has 1 N–H and O–H groups in total. The van der Waals surface area contributed by atoms with Gasteiger partial charge in [0.05, 0.1) is 22.5 Å². The third-order valence-electron chi connectivity index (χ3n) is 6.84. The highest BCUT2D eigenvalue weighted by atomic mass is 16.1. The molecule has 2 aromatic heterocycles. The summed E-state index contributed by atoms with van der Waals surface area (Å²) in [6.07, 6.45) is 3.66. The summed E-state index contributed by atoms with van der Waals surface area (Å²) in [5, 5.41) is 18.1. The van der Waals surface area contributed by atoms with E-state index >= 15 is 0 Å². The number of rotatable bonds is 8. The Morgan fingerprint density at radius 2 is 1.79 bits per heavy atom. The second-order valence-corrected chi connectivity index (χ2v) is 9.79. The predicted octanol–water partition coefficient (Wildman–Crippen LogP) is 3.42. The quantitative estimate of drug-likeness (QED) is 0.552. The van der Waals surface area contributed by atoms with Crippen LogP contribution in [-0.2, 0) is 4.79 Å². The topological polar surface area (TPSA) is 79.2 Å². The minimum Gasteiger partial charge on any atom is -0.355 e. The highest BCUT2D eigenvalue weighted by molar-refractivity contribution is 5.92. The Morgan fingerprint density at radius 1 is 1.09 bits per heavy atom. The average molecular weight is 464 g/mol. The molecule has 0 atom stereocenters. The molecule has 3 heterocycles. The van der Waals surface area contributed by atoms with Crippen LogP contribution in [0, 0.1) is 26.7 Å². The number of aryl methyl sites for hydroxylation is 3. The van der Waals surface area contributed by atoms with Crippen molar-refractivity contribution in [2.24, 2.45) is 5.92 Å². The van der Waals surface area contributed by atoms with E-state index in [9.17, 15) is 4.79 Å². The van der Waals surface area contributed by atoms with Crippen LogP contribution in [0.15, 0.2) is 24.3 Å². The summed E-state index contributed by atoms with van der Waals surface area (Å²) in [7, 11) is 4.03. The van der Waals surface area contributed by atoms with Crippen LogP contribution in [0.3, 0.4) is 0 Å². The smallest absolute Gasteiger partial charge is 0.220 e. The maximum Gasteiger partial charge on any atom is 0.220 e. The number of benzene rings is 1. The van der Waals surface area contributed by atoms with E-state index in [1.54, 1.807) is 0 Å². The first-order valence-electron chi connectivity index (χ1n) is 12.3. The van der Waals surface area contributed by atoms with Gasteiger partial charge in [-0.3, -0.25) is 4.79 Å². The number of piperidine rings is 1. The molecule has 1 aliphatic rings. The monoisotopic (exact) mass is 463 g/mol. The summed E-state index contributed by atoms with van der Waals surface area (Å²) in [6.45, 7) is 9.60. The number of anilines is 1. The van der Waals surface area contributed by atoms with Crippen molar-refractivity contribution in [1.29, 1.82) is 0 Å². The Balaban J connectivity index is 1.43. The zero-order valence-electron chi connectivity index (χ0n) is 21.1. The van der Waals surface area contributed by atoms with E-state index in [4.69, 9.17) is 5.10 Å². The van der Waals surface area contributed by atoms with Crippen molar-refractivity contribution in [2.45, 2.75) is 46.5 Å². The summed E-state index contributed by atoms with van der Waals surface area (Å²) >= 11 is 0. The molecule has 0 spiro atoms. The van der Waals surface area contributed by atoms with Crippen molar-refractivity contribution in [3.05, 3.63) is 41.2 Å². The lowest BCUT2D eigenvalue weighted by molar-refractivity contribution is -0.121. The predicted molar refractivity (Wildman–Crippen MR) is 137 cm³/mol. The van der Waals surface area contributed by atoms with Crippen molar-refractivity contribution in [3.63, 3.8) is 0 Å². The molecule has 8 heteroatoms. The largest absolute Gasteiger partial charge is 0.355 e. The molecule has 0 saturated carbocycles. The molecule has 0 radical (unpaired) electrons. The fourth-order valence-corrected chi connectivity index (χ4v) is 4.74. The van der Waals surface area contributed by atoms with Gasteiger partial charge in [-0.1, -0.05) is 17.7 Å². The summed E-state index contributed by atoms with van der Waals surface area (Å²) in [5.41, 5.74) is 5.19. The molecule has 3 aromatic rings. The van der Waals surface area contributed by atoms with Crippen molar-refractivity contribution in [3.8, 4) is 5.69 Å². The first kappa shape index (κ1) is 24.1. The number of nitrogens with one attached hydrogen (secondary N) is 1. The standard InChI is InChI=1S/C26H37N7O/c1-18-6-9-22(10-7-18)33-20(3)24-19(2)28-29-26(25(24)30-33)32-15-12-21(13-16-32)8-11-23(34)27-14-17-31(4)5/h6-7,9-10,21H,8,11-17H2,1-5H3,(H,27,34). The molecule has 8 nitrogen and oxygen atoms in total. The number of hydrogen-bond donors (Lipinski definition) is 1. The van der Waals surface area contributed by atoms with Gasteiger partial charge in [-0.05, 0) is 72.2 Å². The number of amides is 1. The molecule has 0 bridgehead atoms. The number of hydrogen-bond acceptors (Lipinski definition) is 6. The lowest BCUT2D eigenvalue weighted by Gasteiger charge is -2.32. The second-order valence-electron chi connectivity index (χ2n) is 9.79. The van der Waals surface area contributed by atoms with Crippen LogP contribution in [0.2, 0.25) is 0 Å². The summed E-state index contributed by atoms with van der Waals surface area (Å²) in [6, 6.07) is 8.43. The molecule has 0 aliphatic carbocycles. The van der Waals surface area contributed by atoms with Gasteiger partial charge in [-0.2, -0.15) is 10.2 Å². The van der Waals surface area contributed by atoms with Gasteiger partial charge in [0.1, 0.15) is 5.52 Å². The van der Waals surface area contributed by atoms with E-state index < -0.39 is 0 Å². The lowest BCUT2D eigenvalue weighted by Crippen LogP contribution is -2.35. The average Bonchev–Trinajstić information content (AvgIpc) is 3.17. The lowest BCUT2D eigenvalue weighted by atomic mass is 9.92. The molecule has 182 valence electrons. The second kappa shape index (κ2) is 10.5. The Labute approximate surface area is 202 Å². The van der Waals surface area contributed by atoms with Gasteiger partial charge < -0.3 is 15.1 Å². The molecule has 0 unspecified atom stereocenters. The normalized spacial score (nSPS) is 14.8. The first-order valence-corrected chi connectivity index (χ1v) is 12.3. The Bertz CT molecular complexity index is 1130. The van der Waals surface area contributed by atoms with Crippen LogP contribution in [0.5, 0.6) is 0 Å². The maximum atomic E-state index is 12.1. The molecule has 1 aliphatic heterocycles. The van der Waals surface area contributed by atoms with Crippen LogP contribution < -0.4 is 10.2 Å². The SMILES string of the molecule is Cc1ccc(-n2nc3c(N4CCC(CCC(=O)NCCN(C)C)CC4)nnc(C)c3c2C)cc1. The van der Waals surface area contributed by atoms with Crippen LogP contribution in [0.1, 0.15) is 42.6 Å². The minimum absolute atomic E-state index is 0.160. The maximum absolute atomic E-state index is 12.1. The van der Waals surface area contributed by atoms with E-state index in [0.717, 1.165) is 72.7 Å². The van der Waals surface area contributed by atoms with E-state index in [1.807, 2.05) is 25.7 Å². The van der Waals surface area contributed by atoms with Gasteiger partial charge in [-0.25, -0.2) is 4.68 Å². The number of carbonyl (C=O) groups is 1. The fourth-order valence-electron chi connectivity index (χ4n) is 4.74. The van der Waals surface area contributed by atoms with Gasteiger partial charge in [0, 0.05) is 32.6 Å². The molecule has 1 amide bonds. The first-order chi connectivity index (χ1) is 16.3. The van der Waals surface area contributed by atoms with Gasteiger partial charge in [0.25, 0.3) is 0 Å². The Kier molecular flexibility index (Phi) is 7.46. The zero-order valence-corrected chi connectivity index (χ0v) is 21.1. The van der Waals surface area contributed by atoms with Gasteiger partial charge in [0.15, 0.2) is 5.82 Å². The fraction of sp³-hybridized carbons (Fsp3) is 0.538. The van der Waals surface area contributed by atoms with Crippen molar-refractivity contribution >= 4 is 22.6 Å². The van der Waals surface area contributed by atoms with Crippen LogP contribution in [-0.4, -0.2) is 71.1 Å². The number of fused-ring (bicyclic) bond motifs is 1. The molecule has 1 aromatic carbocycles. The van der Waals surface area contributed by atoms with E-state index in [-0.39, 0.29) is 5.91 Å². The number of likely N-dealkylation sites (N-methyl/N-ethyl adjacent to an activating group) is 1. The van der Waals surface area contributed by atoms with Gasteiger partial charge in [-0.15, -0.1) is 5.10 Å². The van der Waals surface area contributed by atoms with E-state index in [0.29, 0.717) is 18.9 Å². The van der Waals surface area contributed by atoms with Crippen LogP contribution >= 0.6 is 0 Å². The van der Waals surface area contributed by atoms with Crippen molar-refractivity contribution in [1.82, 2.24) is 30.2 Å². The van der Waals surface area contributed by atoms with E-state index in [2.05, 4.69) is 63.4 Å². The summed E-state index contributed by atoms with van der Waals surface area (Å²) in [5.74, 6) is 1.60. The van der Waals surface area contributed by atoms with Gasteiger partial charge in [0.2, 0.25) is 5.91 Å². The highest BCUT2D eigenvalue weighted by Crippen LogP contribution is 2.32. The number of carbonyl (C=O) groups excluding carboxylic acids is 1. The van der Waals surface area contributed by atoms with Gasteiger partial charge >= 0.3 is 0 Å². The molecular formula is C26H37N7O. The van der Waals surface area contributed by atoms with Crippen molar-refractivity contribution in [2.75, 3.05) is 45.2 Å². The minimum atomic E-state index is 0.160. The molecular weight excluding hydrogens is 426 g/mol. The molecule has 1 saturated heterocycles. The molecule has 1 fully saturated rings. The van der Waals surface area contributed by atoms with E-state index in [1.165, 1.54) is 5.56 Å². The Morgan fingerprint density at radius 3 is 2.47 bits per heavy atom. The third-order valence-corrected chi connectivity index (χ3v) is 6.84. The highest BCUT2D eigenvalue weighted by Gasteiger charge is 2.25.